The molecule has 1 heterocycles. The van der Waals surface area contributed by atoms with Gasteiger partial charge < -0.3 is 10.2 Å². The maximum absolute atomic E-state index is 12.5. The fraction of sp³-hybridized carbons (Fsp3) is 0.800. The highest BCUT2D eigenvalue weighted by Crippen LogP contribution is 2.23. The molecule has 0 atom stereocenters. The second kappa shape index (κ2) is 6.37. The Balaban J connectivity index is 1.92. The summed E-state index contributed by atoms with van der Waals surface area (Å²) in [6, 6.07) is 0.327. The second-order valence-corrected chi connectivity index (χ2v) is 5.92. The molecule has 0 unspecified atom stereocenters. The second-order valence-electron chi connectivity index (χ2n) is 5.92. The highest BCUT2D eigenvalue weighted by Gasteiger charge is 2.28. The van der Waals surface area contributed by atoms with Gasteiger partial charge in [-0.05, 0) is 58.5 Å². The van der Waals surface area contributed by atoms with Crippen LogP contribution < -0.4 is 5.32 Å². The van der Waals surface area contributed by atoms with Gasteiger partial charge >= 0.3 is 0 Å². The number of rotatable bonds is 4. The molecule has 0 bridgehead atoms. The molecule has 0 aromatic heterocycles. The zero-order valence-electron chi connectivity index (χ0n) is 11.7. The van der Waals surface area contributed by atoms with E-state index >= 15 is 0 Å². The maximum Gasteiger partial charge on any atom is 0.226 e. The van der Waals surface area contributed by atoms with E-state index in [2.05, 4.69) is 36.2 Å². The summed E-state index contributed by atoms with van der Waals surface area (Å²) in [5.41, 5.74) is 0. The number of allylic oxidation sites excluding steroid dienone is 2. The minimum absolute atomic E-state index is 0.217. The van der Waals surface area contributed by atoms with Crippen LogP contribution in [0.2, 0.25) is 0 Å². The number of hydrogen-bond acceptors (Lipinski definition) is 2. The van der Waals surface area contributed by atoms with Crippen LogP contribution in [0.1, 0.15) is 39.5 Å². The summed E-state index contributed by atoms with van der Waals surface area (Å²) in [6.45, 7) is 7.45. The van der Waals surface area contributed by atoms with Gasteiger partial charge in [0.2, 0.25) is 5.91 Å². The van der Waals surface area contributed by atoms with Crippen molar-refractivity contribution in [2.75, 3.05) is 19.6 Å². The zero-order valence-corrected chi connectivity index (χ0v) is 11.7. The largest absolute Gasteiger partial charge is 0.340 e. The number of piperidine rings is 1. The minimum Gasteiger partial charge on any atom is -0.340 e. The van der Waals surface area contributed by atoms with Crippen LogP contribution >= 0.6 is 0 Å². The predicted molar refractivity (Wildman–Crippen MR) is 74.3 cm³/mol. The summed E-state index contributed by atoms with van der Waals surface area (Å²) < 4.78 is 0. The number of hydrogen-bond donors (Lipinski definition) is 1. The summed E-state index contributed by atoms with van der Waals surface area (Å²) in [7, 11) is 0. The molecule has 18 heavy (non-hydrogen) atoms. The Hall–Kier alpha value is -0.830. The Labute approximate surface area is 111 Å². The van der Waals surface area contributed by atoms with Crippen molar-refractivity contribution in [3.8, 4) is 0 Å². The predicted octanol–water partition coefficient (Wildman–Crippen LogP) is 2.19. The number of amides is 1. The quantitative estimate of drug-likeness (QED) is 0.776. The van der Waals surface area contributed by atoms with E-state index in [4.69, 9.17) is 0 Å². The molecule has 0 radical (unpaired) electrons. The minimum atomic E-state index is 0.217. The van der Waals surface area contributed by atoms with Gasteiger partial charge in [0.1, 0.15) is 0 Å². The van der Waals surface area contributed by atoms with E-state index in [1.165, 1.54) is 12.8 Å². The molecule has 1 N–H and O–H groups in total. The molecular weight excluding hydrogens is 224 g/mol. The van der Waals surface area contributed by atoms with Crippen molar-refractivity contribution < 1.29 is 4.79 Å². The van der Waals surface area contributed by atoms with Gasteiger partial charge in [-0.2, -0.15) is 0 Å². The lowest BCUT2D eigenvalue weighted by molar-refractivity contribution is -0.137. The molecule has 0 aromatic rings. The molecule has 2 rings (SSSR count). The van der Waals surface area contributed by atoms with Crippen molar-refractivity contribution in [2.24, 2.45) is 11.8 Å². The first-order valence-corrected chi connectivity index (χ1v) is 7.34. The smallest absolute Gasteiger partial charge is 0.226 e. The van der Waals surface area contributed by atoms with E-state index in [0.717, 1.165) is 32.5 Å². The van der Waals surface area contributed by atoms with Crippen molar-refractivity contribution >= 4 is 5.91 Å². The van der Waals surface area contributed by atoms with E-state index < -0.39 is 0 Å². The first kappa shape index (κ1) is 13.6. The van der Waals surface area contributed by atoms with E-state index in [1.54, 1.807) is 0 Å². The molecular formula is C15H26N2O. The number of nitrogens with zero attached hydrogens (tertiary/aromatic N) is 1. The van der Waals surface area contributed by atoms with Crippen LogP contribution in [0, 0.1) is 11.8 Å². The molecule has 0 spiro atoms. The van der Waals surface area contributed by atoms with Gasteiger partial charge in [0.05, 0.1) is 0 Å². The van der Waals surface area contributed by atoms with E-state index in [0.29, 0.717) is 17.9 Å². The van der Waals surface area contributed by atoms with E-state index in [-0.39, 0.29) is 5.92 Å². The van der Waals surface area contributed by atoms with Crippen LogP contribution in [0.15, 0.2) is 12.2 Å². The molecule has 1 aliphatic heterocycles. The van der Waals surface area contributed by atoms with Crippen molar-refractivity contribution in [2.45, 2.75) is 45.6 Å². The summed E-state index contributed by atoms with van der Waals surface area (Å²) in [5, 5.41) is 3.39. The van der Waals surface area contributed by atoms with Crippen molar-refractivity contribution in [3.05, 3.63) is 12.2 Å². The third kappa shape index (κ3) is 3.35. The first-order chi connectivity index (χ1) is 8.68. The van der Waals surface area contributed by atoms with Crippen LogP contribution in [0.3, 0.4) is 0 Å². The lowest BCUT2D eigenvalue weighted by atomic mass is 9.95. The summed E-state index contributed by atoms with van der Waals surface area (Å²) in [6.07, 6.45) is 8.58. The van der Waals surface area contributed by atoms with Crippen LogP contribution in [0.5, 0.6) is 0 Å². The van der Waals surface area contributed by atoms with Gasteiger partial charge in [-0.3, -0.25) is 4.79 Å². The molecule has 1 amide bonds. The molecule has 102 valence electrons. The molecule has 2 aliphatic rings. The summed E-state index contributed by atoms with van der Waals surface area (Å²) >= 11 is 0. The molecule has 3 heteroatoms. The average Bonchev–Trinajstić information content (AvgIpc) is 2.90. The summed E-state index contributed by atoms with van der Waals surface area (Å²) in [4.78, 5) is 14.6. The monoisotopic (exact) mass is 250 g/mol. The standard InChI is InChI=1S/C15H26N2O/c1-12(2)17(11-13-7-9-16-10-8-13)15(18)14-5-3-4-6-14/h3-4,12-14,16H,5-11H2,1-2H3. The Morgan fingerprint density at radius 3 is 2.44 bits per heavy atom. The topological polar surface area (TPSA) is 32.3 Å². The van der Waals surface area contributed by atoms with Crippen LogP contribution in [-0.4, -0.2) is 36.5 Å². The molecule has 1 fully saturated rings. The molecule has 0 aromatic carbocycles. The Morgan fingerprint density at radius 1 is 1.28 bits per heavy atom. The van der Waals surface area contributed by atoms with E-state index in [1.807, 2.05) is 0 Å². The SMILES string of the molecule is CC(C)N(CC1CCNCC1)C(=O)C1CC=CC1. The highest BCUT2D eigenvalue weighted by molar-refractivity contribution is 5.80. The van der Waals surface area contributed by atoms with Gasteiger partial charge in [-0.15, -0.1) is 0 Å². The van der Waals surface area contributed by atoms with Crippen LogP contribution in [-0.2, 0) is 4.79 Å². The zero-order chi connectivity index (χ0) is 13.0. The third-order valence-corrected chi connectivity index (χ3v) is 4.18. The normalized spacial score (nSPS) is 21.7. The first-order valence-electron chi connectivity index (χ1n) is 7.34. The molecule has 1 aliphatic carbocycles. The molecule has 0 saturated carbocycles. The summed E-state index contributed by atoms with van der Waals surface area (Å²) in [5.74, 6) is 1.27. The van der Waals surface area contributed by atoms with Gasteiger partial charge in [-0.25, -0.2) is 0 Å². The Bertz CT molecular complexity index is 298. The van der Waals surface area contributed by atoms with Gasteiger partial charge in [0, 0.05) is 18.5 Å². The Morgan fingerprint density at radius 2 is 1.89 bits per heavy atom. The number of carbonyl (C=O) groups is 1. The average molecular weight is 250 g/mol. The van der Waals surface area contributed by atoms with Gasteiger partial charge in [-0.1, -0.05) is 12.2 Å². The maximum atomic E-state index is 12.5. The lowest BCUT2D eigenvalue weighted by Gasteiger charge is -2.34. The molecule has 3 nitrogen and oxygen atoms in total. The van der Waals surface area contributed by atoms with Gasteiger partial charge in [0.15, 0.2) is 0 Å². The number of nitrogens with one attached hydrogen (secondary N) is 1. The Kier molecular flexibility index (Phi) is 4.81. The highest BCUT2D eigenvalue weighted by atomic mass is 16.2. The number of carbonyl (C=O) groups excluding carboxylic acids is 1. The fourth-order valence-corrected chi connectivity index (χ4v) is 2.95. The lowest BCUT2D eigenvalue weighted by Crippen LogP contribution is -2.45. The van der Waals surface area contributed by atoms with Crippen LogP contribution in [0.25, 0.3) is 0 Å². The van der Waals surface area contributed by atoms with Crippen LogP contribution in [0.4, 0.5) is 0 Å². The fourth-order valence-electron chi connectivity index (χ4n) is 2.95. The van der Waals surface area contributed by atoms with Crippen molar-refractivity contribution in [1.29, 1.82) is 0 Å². The van der Waals surface area contributed by atoms with Gasteiger partial charge in [0.25, 0.3) is 0 Å². The van der Waals surface area contributed by atoms with E-state index in [9.17, 15) is 4.79 Å². The van der Waals surface area contributed by atoms with Crippen molar-refractivity contribution in [3.63, 3.8) is 0 Å². The van der Waals surface area contributed by atoms with Crippen molar-refractivity contribution in [1.82, 2.24) is 10.2 Å². The molecule has 1 saturated heterocycles. The third-order valence-electron chi connectivity index (χ3n) is 4.18.